The molecule has 0 saturated carbocycles. The van der Waals surface area contributed by atoms with Crippen molar-refractivity contribution in [3.05, 3.63) is 53.6 Å². The number of methoxy groups -OCH3 is 2. The maximum atomic E-state index is 12.9. The van der Waals surface area contributed by atoms with Gasteiger partial charge in [0, 0.05) is 6.08 Å². The summed E-state index contributed by atoms with van der Waals surface area (Å²) < 4.78 is 38.5. The number of phenolic OH excluding ortho intramolecular Hbond substituents is 2. The van der Waals surface area contributed by atoms with Crippen LogP contribution >= 0.6 is 0 Å². The lowest BCUT2D eigenvalue weighted by atomic mass is 9.97. The number of aliphatic hydroxyl groups excluding tert-OH is 5. The number of aliphatic hydroxyl groups is 5. The van der Waals surface area contributed by atoms with Crippen LogP contribution in [0.15, 0.2) is 42.5 Å². The molecule has 254 valence electrons. The van der Waals surface area contributed by atoms with Crippen molar-refractivity contribution < 1.29 is 73.7 Å². The minimum absolute atomic E-state index is 0.0231. The second-order valence-corrected chi connectivity index (χ2v) is 10.8. The van der Waals surface area contributed by atoms with E-state index in [9.17, 15) is 40.5 Å². The number of esters is 1. The van der Waals surface area contributed by atoms with E-state index in [0.29, 0.717) is 11.1 Å². The highest BCUT2D eigenvalue weighted by molar-refractivity contribution is 5.87. The second-order valence-electron chi connectivity index (χ2n) is 10.8. The van der Waals surface area contributed by atoms with E-state index in [1.807, 2.05) is 0 Å². The quantitative estimate of drug-likeness (QED) is 0.114. The Bertz CT molecular complexity index is 1340. The van der Waals surface area contributed by atoms with Crippen LogP contribution in [0, 0.1) is 0 Å². The van der Waals surface area contributed by atoms with Crippen molar-refractivity contribution >= 4 is 12.0 Å². The van der Waals surface area contributed by atoms with E-state index >= 15 is 0 Å². The molecule has 15 nitrogen and oxygen atoms in total. The first kappa shape index (κ1) is 35.3. The monoisotopic (exact) mass is 652 g/mol. The lowest BCUT2D eigenvalue weighted by Crippen LogP contribution is -2.65. The van der Waals surface area contributed by atoms with Crippen LogP contribution in [0.2, 0.25) is 0 Å². The summed E-state index contributed by atoms with van der Waals surface area (Å²) in [4.78, 5) is 12.9. The van der Waals surface area contributed by atoms with Crippen LogP contribution in [0.25, 0.3) is 6.08 Å². The van der Waals surface area contributed by atoms with E-state index in [-0.39, 0.29) is 36.0 Å². The van der Waals surface area contributed by atoms with Crippen LogP contribution in [0.1, 0.15) is 18.1 Å². The van der Waals surface area contributed by atoms with Gasteiger partial charge in [-0.2, -0.15) is 0 Å². The summed E-state index contributed by atoms with van der Waals surface area (Å²) in [5.41, 5.74) is 1.11. The lowest BCUT2D eigenvalue weighted by molar-refractivity contribution is -0.357. The van der Waals surface area contributed by atoms with Gasteiger partial charge >= 0.3 is 5.97 Å². The van der Waals surface area contributed by atoms with Gasteiger partial charge in [0.05, 0.1) is 33.5 Å². The molecule has 0 radical (unpaired) electrons. The van der Waals surface area contributed by atoms with Crippen LogP contribution in [-0.2, 0) is 34.9 Å². The van der Waals surface area contributed by atoms with Gasteiger partial charge in [0.1, 0.15) is 36.6 Å². The van der Waals surface area contributed by atoms with E-state index in [4.69, 9.17) is 33.2 Å². The molecule has 2 aromatic rings. The van der Waals surface area contributed by atoms with E-state index < -0.39 is 74.0 Å². The summed E-state index contributed by atoms with van der Waals surface area (Å²) in [6, 6.07) is 9.21. The van der Waals surface area contributed by atoms with Gasteiger partial charge in [-0.05, 0) is 54.8 Å². The number of aromatic hydroxyl groups is 2. The molecule has 2 aliphatic heterocycles. The molecule has 0 unspecified atom stereocenters. The van der Waals surface area contributed by atoms with Crippen LogP contribution < -0.4 is 9.47 Å². The largest absolute Gasteiger partial charge is 0.504 e. The van der Waals surface area contributed by atoms with Crippen LogP contribution in [-0.4, -0.2) is 131 Å². The minimum Gasteiger partial charge on any atom is -0.504 e. The van der Waals surface area contributed by atoms with Crippen molar-refractivity contribution in [1.29, 1.82) is 0 Å². The number of carbonyl (C=O) groups excluding carboxylic acids is 1. The summed E-state index contributed by atoms with van der Waals surface area (Å²) in [5.74, 6) is -0.637. The molecule has 10 atom stereocenters. The molecule has 7 N–H and O–H groups in total. The molecule has 0 amide bonds. The molecule has 0 spiro atoms. The fourth-order valence-corrected chi connectivity index (χ4v) is 5.09. The molecule has 2 aliphatic rings. The number of benzene rings is 2. The number of carbonyl (C=O) groups is 1. The maximum absolute atomic E-state index is 12.9. The average molecular weight is 653 g/mol. The van der Waals surface area contributed by atoms with Crippen molar-refractivity contribution in [1.82, 2.24) is 0 Å². The molecule has 0 bridgehead atoms. The first-order valence-electron chi connectivity index (χ1n) is 14.5. The van der Waals surface area contributed by atoms with Gasteiger partial charge in [0.2, 0.25) is 0 Å². The SMILES string of the molecule is COc1ccc(/C=C/C(=O)O[C@H]2[C@@H](O[C@@H]3O[C@@H](C)[C@@H](O)[C@@H](O)[C@H]3O)[C@@H](O)[C@H](OCCc3ccc(OC)c(O)c3)O[C@H]2CO)cc1O. The molecule has 46 heavy (non-hydrogen) atoms. The first-order chi connectivity index (χ1) is 22.0. The molecule has 4 rings (SSSR count). The van der Waals surface area contributed by atoms with Crippen molar-refractivity contribution in [3.63, 3.8) is 0 Å². The fourth-order valence-electron chi connectivity index (χ4n) is 5.09. The summed E-state index contributed by atoms with van der Waals surface area (Å²) in [5, 5.41) is 72.5. The summed E-state index contributed by atoms with van der Waals surface area (Å²) in [6.45, 7) is 0.707. The van der Waals surface area contributed by atoms with Gasteiger partial charge in [-0.1, -0.05) is 12.1 Å². The molecule has 2 aromatic carbocycles. The average Bonchev–Trinajstić information content (AvgIpc) is 3.04. The number of hydrogen-bond donors (Lipinski definition) is 7. The lowest BCUT2D eigenvalue weighted by Gasteiger charge is -2.46. The normalized spacial score (nSPS) is 31.5. The number of hydrogen-bond acceptors (Lipinski definition) is 15. The van der Waals surface area contributed by atoms with Gasteiger partial charge in [0.25, 0.3) is 0 Å². The van der Waals surface area contributed by atoms with E-state index in [2.05, 4.69) is 0 Å². The van der Waals surface area contributed by atoms with Crippen molar-refractivity contribution in [2.24, 2.45) is 0 Å². The first-order valence-corrected chi connectivity index (χ1v) is 14.5. The Morgan fingerprint density at radius 2 is 1.52 bits per heavy atom. The molecule has 0 aromatic heterocycles. The number of rotatable bonds is 12. The molecule has 2 fully saturated rings. The molecule has 0 aliphatic carbocycles. The molecule has 2 saturated heterocycles. The smallest absolute Gasteiger partial charge is 0.331 e. The van der Waals surface area contributed by atoms with E-state index in [1.165, 1.54) is 45.4 Å². The zero-order valence-corrected chi connectivity index (χ0v) is 25.4. The van der Waals surface area contributed by atoms with Gasteiger partial charge in [0.15, 0.2) is 41.7 Å². The summed E-state index contributed by atoms with van der Waals surface area (Å²) in [6.07, 6.45) is -12.1. The highest BCUT2D eigenvalue weighted by atomic mass is 16.7. The second kappa shape index (κ2) is 15.9. The highest BCUT2D eigenvalue weighted by Crippen LogP contribution is 2.32. The predicted molar refractivity (Wildman–Crippen MR) is 157 cm³/mol. The van der Waals surface area contributed by atoms with Gasteiger partial charge < -0.3 is 68.9 Å². The Balaban J connectivity index is 1.52. The highest BCUT2D eigenvalue weighted by Gasteiger charge is 2.52. The number of phenols is 2. The molecular weight excluding hydrogens is 612 g/mol. The van der Waals surface area contributed by atoms with Crippen molar-refractivity contribution in [3.8, 4) is 23.0 Å². The van der Waals surface area contributed by atoms with Gasteiger partial charge in [-0.25, -0.2) is 4.79 Å². The minimum atomic E-state index is -1.75. The molecule has 2 heterocycles. The van der Waals surface area contributed by atoms with Crippen molar-refractivity contribution in [2.75, 3.05) is 27.4 Å². The summed E-state index contributed by atoms with van der Waals surface area (Å²) >= 11 is 0. The topological polar surface area (TPSA) is 223 Å². The Kier molecular flexibility index (Phi) is 12.2. The zero-order chi connectivity index (χ0) is 33.5. The summed E-state index contributed by atoms with van der Waals surface area (Å²) in [7, 11) is 2.81. The standard InChI is InChI=1S/C31H40O15/c1-15-24(36)25(37)26(38)31(43-15)46-29-27(39)30(42-11-10-17-5-8-21(41-3)19(34)13-17)44-22(14-32)28(29)45-23(35)9-6-16-4-7-20(40-2)18(33)12-16/h4-9,12-13,15,22,24-34,36-39H,10-11,14H2,1-3H3/b9-6+/t15-,22-,24+,25+,26+,27+,28+,29-,30+,31-/m0/s1. The number of ether oxygens (including phenoxy) is 7. The predicted octanol–water partition coefficient (Wildman–Crippen LogP) is -0.410. The Hall–Kier alpha value is -3.51. The van der Waals surface area contributed by atoms with Gasteiger partial charge in [-0.15, -0.1) is 0 Å². The van der Waals surface area contributed by atoms with E-state index in [0.717, 1.165) is 6.08 Å². The van der Waals surface area contributed by atoms with Crippen LogP contribution in [0.4, 0.5) is 0 Å². The van der Waals surface area contributed by atoms with E-state index in [1.54, 1.807) is 18.2 Å². The van der Waals surface area contributed by atoms with Crippen LogP contribution in [0.5, 0.6) is 23.0 Å². The third-order valence-corrected chi connectivity index (χ3v) is 7.68. The third kappa shape index (κ3) is 8.25. The Morgan fingerprint density at radius 1 is 0.848 bits per heavy atom. The molecule has 15 heteroatoms. The Labute approximate surface area is 264 Å². The van der Waals surface area contributed by atoms with Crippen LogP contribution in [0.3, 0.4) is 0 Å². The zero-order valence-electron chi connectivity index (χ0n) is 25.4. The Morgan fingerprint density at radius 3 is 2.15 bits per heavy atom. The fraction of sp³-hybridized carbons (Fsp3) is 0.516. The maximum Gasteiger partial charge on any atom is 0.331 e. The van der Waals surface area contributed by atoms with Crippen molar-refractivity contribution in [2.45, 2.75) is 74.8 Å². The molecular formula is C31H40O15. The van der Waals surface area contributed by atoms with Gasteiger partial charge in [-0.3, -0.25) is 0 Å². The third-order valence-electron chi connectivity index (χ3n) is 7.68.